The number of amides is 1. The van der Waals surface area contributed by atoms with Crippen LogP contribution in [0.1, 0.15) is 27.4 Å². The second-order valence-electron chi connectivity index (χ2n) is 6.27. The van der Waals surface area contributed by atoms with Gasteiger partial charge < -0.3 is 14.2 Å². The van der Waals surface area contributed by atoms with Gasteiger partial charge in [-0.1, -0.05) is 35.5 Å². The van der Waals surface area contributed by atoms with Crippen LogP contribution in [-0.2, 0) is 19.3 Å². The molecule has 1 aliphatic heterocycles. The maximum absolute atomic E-state index is 12.8. The number of para-hydroxylation sites is 1. The SMILES string of the molecule is COc1ccccc1CN1Cc2ccc(-c3noc(C(F)(F)F)n3)cc2C1=O. The van der Waals surface area contributed by atoms with E-state index in [9.17, 15) is 18.0 Å². The van der Waals surface area contributed by atoms with Crippen LogP contribution in [-0.4, -0.2) is 28.1 Å². The maximum atomic E-state index is 12.8. The van der Waals surface area contributed by atoms with Crippen molar-refractivity contribution in [3.63, 3.8) is 0 Å². The molecule has 0 saturated heterocycles. The fourth-order valence-corrected chi connectivity index (χ4v) is 3.12. The van der Waals surface area contributed by atoms with Gasteiger partial charge in [-0.3, -0.25) is 4.79 Å². The number of benzene rings is 2. The quantitative estimate of drug-likeness (QED) is 0.677. The number of carbonyl (C=O) groups excluding carboxylic acids is 1. The number of halogens is 3. The van der Waals surface area contributed by atoms with Crippen molar-refractivity contribution >= 4 is 5.91 Å². The summed E-state index contributed by atoms with van der Waals surface area (Å²) in [6.45, 7) is 0.750. The molecular weight excluding hydrogens is 375 g/mol. The first-order valence-electron chi connectivity index (χ1n) is 8.32. The zero-order valence-electron chi connectivity index (χ0n) is 14.7. The Labute approximate surface area is 157 Å². The van der Waals surface area contributed by atoms with E-state index in [2.05, 4.69) is 14.7 Å². The van der Waals surface area contributed by atoms with E-state index >= 15 is 0 Å². The van der Waals surface area contributed by atoms with Gasteiger partial charge >= 0.3 is 12.1 Å². The van der Waals surface area contributed by atoms with Crippen LogP contribution in [0.5, 0.6) is 5.75 Å². The second kappa shape index (κ2) is 6.66. The first kappa shape index (κ1) is 18.0. The van der Waals surface area contributed by atoms with E-state index in [1.807, 2.05) is 24.3 Å². The van der Waals surface area contributed by atoms with Gasteiger partial charge in [-0.2, -0.15) is 18.2 Å². The number of aromatic nitrogens is 2. The maximum Gasteiger partial charge on any atom is 0.471 e. The van der Waals surface area contributed by atoms with Crippen LogP contribution >= 0.6 is 0 Å². The van der Waals surface area contributed by atoms with Crippen LogP contribution in [0.2, 0.25) is 0 Å². The van der Waals surface area contributed by atoms with Crippen molar-refractivity contribution in [1.29, 1.82) is 0 Å². The molecule has 1 aromatic heterocycles. The third kappa shape index (κ3) is 3.19. The number of nitrogens with zero attached hydrogens (tertiary/aromatic N) is 3. The Morgan fingerprint density at radius 2 is 2.00 bits per heavy atom. The van der Waals surface area contributed by atoms with Crippen LogP contribution in [0.15, 0.2) is 47.0 Å². The number of rotatable bonds is 4. The lowest BCUT2D eigenvalue weighted by atomic mass is 10.1. The number of methoxy groups -OCH3 is 1. The first-order chi connectivity index (χ1) is 13.4. The molecule has 4 rings (SSSR count). The number of hydrogen-bond acceptors (Lipinski definition) is 5. The highest BCUT2D eigenvalue weighted by Gasteiger charge is 2.38. The van der Waals surface area contributed by atoms with E-state index in [1.165, 1.54) is 6.07 Å². The molecule has 0 unspecified atom stereocenters. The van der Waals surface area contributed by atoms with Crippen LogP contribution in [0.25, 0.3) is 11.4 Å². The van der Waals surface area contributed by atoms with Gasteiger partial charge in [0.2, 0.25) is 5.82 Å². The summed E-state index contributed by atoms with van der Waals surface area (Å²) in [6.07, 6.45) is -4.72. The average Bonchev–Trinajstić information content (AvgIpc) is 3.28. The van der Waals surface area contributed by atoms with Gasteiger partial charge in [0.15, 0.2) is 0 Å². The van der Waals surface area contributed by atoms with Crippen molar-refractivity contribution in [3.05, 3.63) is 65.0 Å². The molecule has 3 aromatic rings. The molecule has 0 radical (unpaired) electrons. The van der Waals surface area contributed by atoms with Gasteiger partial charge in [0.25, 0.3) is 5.91 Å². The zero-order valence-corrected chi connectivity index (χ0v) is 14.7. The van der Waals surface area contributed by atoms with E-state index in [4.69, 9.17) is 4.74 Å². The molecule has 0 saturated carbocycles. The van der Waals surface area contributed by atoms with Gasteiger partial charge in [-0.25, -0.2) is 0 Å². The average molecular weight is 389 g/mol. The van der Waals surface area contributed by atoms with Crippen LogP contribution in [0.3, 0.4) is 0 Å². The Hall–Kier alpha value is -3.36. The summed E-state index contributed by atoms with van der Waals surface area (Å²) >= 11 is 0. The molecule has 0 atom stereocenters. The van der Waals surface area contributed by atoms with Crippen molar-refractivity contribution in [2.75, 3.05) is 7.11 Å². The van der Waals surface area contributed by atoms with Gasteiger partial charge in [0.05, 0.1) is 7.11 Å². The number of carbonyl (C=O) groups is 1. The summed E-state index contributed by atoms with van der Waals surface area (Å²) in [5.41, 5.74) is 2.33. The molecule has 6 nitrogen and oxygen atoms in total. The third-order valence-corrected chi connectivity index (χ3v) is 4.47. The minimum atomic E-state index is -4.72. The molecule has 28 heavy (non-hydrogen) atoms. The highest BCUT2D eigenvalue weighted by Crippen LogP contribution is 2.32. The number of fused-ring (bicyclic) bond motifs is 1. The zero-order chi connectivity index (χ0) is 19.9. The molecule has 1 amide bonds. The van der Waals surface area contributed by atoms with E-state index in [0.29, 0.717) is 24.4 Å². The van der Waals surface area contributed by atoms with Gasteiger partial charge in [0, 0.05) is 29.8 Å². The Morgan fingerprint density at radius 3 is 2.71 bits per heavy atom. The summed E-state index contributed by atoms with van der Waals surface area (Å²) < 4.78 is 47.5. The number of alkyl halides is 3. The normalized spacial score (nSPS) is 13.7. The largest absolute Gasteiger partial charge is 0.496 e. The van der Waals surface area contributed by atoms with Gasteiger partial charge in [0.1, 0.15) is 5.75 Å². The molecule has 2 aromatic carbocycles. The Bertz CT molecular complexity index is 1050. The Kier molecular flexibility index (Phi) is 4.29. The smallest absolute Gasteiger partial charge is 0.471 e. The summed E-state index contributed by atoms with van der Waals surface area (Å²) in [4.78, 5) is 17.8. The minimum absolute atomic E-state index is 0.217. The fraction of sp³-hybridized carbons (Fsp3) is 0.211. The lowest BCUT2D eigenvalue weighted by molar-refractivity contribution is -0.159. The van der Waals surface area contributed by atoms with Crippen molar-refractivity contribution in [1.82, 2.24) is 15.0 Å². The topological polar surface area (TPSA) is 68.5 Å². The summed E-state index contributed by atoms with van der Waals surface area (Å²) in [7, 11) is 1.56. The molecule has 9 heteroatoms. The molecule has 1 aliphatic rings. The number of hydrogen-bond donors (Lipinski definition) is 0. The highest BCUT2D eigenvalue weighted by molar-refractivity contribution is 5.99. The minimum Gasteiger partial charge on any atom is -0.496 e. The lowest BCUT2D eigenvalue weighted by Gasteiger charge is -2.17. The van der Waals surface area contributed by atoms with Gasteiger partial charge in [-0.05, 0) is 17.7 Å². The lowest BCUT2D eigenvalue weighted by Crippen LogP contribution is -2.23. The molecule has 0 aliphatic carbocycles. The van der Waals surface area contributed by atoms with Crippen molar-refractivity contribution in [2.45, 2.75) is 19.3 Å². The molecular formula is C19H14F3N3O3. The van der Waals surface area contributed by atoms with E-state index in [-0.39, 0.29) is 17.3 Å². The highest BCUT2D eigenvalue weighted by atomic mass is 19.4. The molecule has 0 spiro atoms. The van der Waals surface area contributed by atoms with Crippen LogP contribution in [0.4, 0.5) is 13.2 Å². The molecule has 0 bridgehead atoms. The van der Waals surface area contributed by atoms with Crippen molar-refractivity contribution in [3.8, 4) is 17.1 Å². The summed E-state index contributed by atoms with van der Waals surface area (Å²) in [6, 6.07) is 12.1. The fourth-order valence-electron chi connectivity index (χ4n) is 3.12. The van der Waals surface area contributed by atoms with E-state index in [0.717, 1.165) is 11.1 Å². The third-order valence-electron chi connectivity index (χ3n) is 4.47. The van der Waals surface area contributed by atoms with E-state index < -0.39 is 12.1 Å². The van der Waals surface area contributed by atoms with Gasteiger partial charge in [-0.15, -0.1) is 0 Å². The standard InChI is InChI=1S/C19H14F3N3O3/c1-27-15-5-3-2-4-13(15)10-25-9-12-7-6-11(8-14(12)17(25)26)16-23-18(28-24-16)19(20,21)22/h2-8H,9-10H2,1H3. The van der Waals surface area contributed by atoms with Crippen LogP contribution < -0.4 is 4.74 Å². The molecule has 0 N–H and O–H groups in total. The van der Waals surface area contributed by atoms with Crippen LogP contribution in [0, 0.1) is 0 Å². The summed E-state index contributed by atoms with van der Waals surface area (Å²) in [5, 5.41) is 3.37. The Balaban J connectivity index is 1.59. The monoisotopic (exact) mass is 389 g/mol. The van der Waals surface area contributed by atoms with E-state index in [1.54, 1.807) is 24.1 Å². The predicted molar refractivity (Wildman–Crippen MR) is 91.3 cm³/mol. The summed E-state index contributed by atoms with van der Waals surface area (Å²) in [5.74, 6) is -1.18. The molecule has 0 fully saturated rings. The molecule has 144 valence electrons. The number of ether oxygens (including phenoxy) is 1. The van der Waals surface area contributed by atoms with Crippen molar-refractivity contribution < 1.29 is 27.2 Å². The second-order valence-corrected chi connectivity index (χ2v) is 6.27. The van der Waals surface area contributed by atoms with Crippen molar-refractivity contribution in [2.24, 2.45) is 0 Å². The first-order valence-corrected chi connectivity index (χ1v) is 8.32. The Morgan fingerprint density at radius 1 is 1.21 bits per heavy atom. The predicted octanol–water partition coefficient (Wildman–Crippen LogP) is 3.92. The molecule has 2 heterocycles.